The van der Waals surface area contributed by atoms with Crippen LogP contribution in [0.1, 0.15) is 17.7 Å². The largest absolute Gasteiger partial charge is 0.469 e. The van der Waals surface area contributed by atoms with E-state index in [9.17, 15) is 14.7 Å². The third-order valence-corrected chi connectivity index (χ3v) is 4.53. The van der Waals surface area contributed by atoms with Gasteiger partial charge in [0.05, 0.1) is 25.2 Å². The van der Waals surface area contributed by atoms with E-state index in [0.29, 0.717) is 6.42 Å². The Labute approximate surface area is 133 Å². The number of para-hydroxylation sites is 1. The summed E-state index contributed by atoms with van der Waals surface area (Å²) in [6.07, 6.45) is -0.554. The number of piperidine rings is 1. The van der Waals surface area contributed by atoms with Crippen molar-refractivity contribution in [1.82, 2.24) is 10.3 Å². The predicted molar refractivity (Wildman–Crippen MR) is 84.8 cm³/mol. The number of carbonyl (C=O) groups excluding carboxylic acids is 2. The van der Waals surface area contributed by atoms with E-state index < -0.39 is 24.0 Å². The Bertz CT molecular complexity index is 752. The second kappa shape index (κ2) is 6.04. The first-order valence-corrected chi connectivity index (χ1v) is 7.62. The van der Waals surface area contributed by atoms with Crippen LogP contribution in [0.4, 0.5) is 0 Å². The molecule has 2 unspecified atom stereocenters. The van der Waals surface area contributed by atoms with Crippen LogP contribution >= 0.6 is 0 Å². The van der Waals surface area contributed by atoms with Gasteiger partial charge in [-0.3, -0.25) is 9.59 Å². The van der Waals surface area contributed by atoms with Crippen molar-refractivity contribution in [3.8, 4) is 0 Å². The normalized spacial score (nSPS) is 24.5. The number of nitrogens with one attached hydrogen (secondary N) is 2. The van der Waals surface area contributed by atoms with Gasteiger partial charge in [-0.15, -0.1) is 0 Å². The van der Waals surface area contributed by atoms with Gasteiger partial charge in [0.2, 0.25) is 5.91 Å². The quantitative estimate of drug-likeness (QED) is 0.738. The number of aromatic nitrogens is 1. The lowest BCUT2D eigenvalue weighted by Crippen LogP contribution is -2.55. The van der Waals surface area contributed by atoms with Crippen molar-refractivity contribution in [3.63, 3.8) is 0 Å². The fourth-order valence-corrected chi connectivity index (χ4v) is 3.32. The number of esters is 1. The Balaban J connectivity index is 1.89. The number of aliphatic hydroxyl groups excluding tert-OH is 1. The van der Waals surface area contributed by atoms with E-state index in [1.54, 1.807) is 0 Å². The zero-order valence-corrected chi connectivity index (χ0v) is 13.1. The van der Waals surface area contributed by atoms with Crippen molar-refractivity contribution < 1.29 is 19.4 Å². The number of aromatic amines is 1. The molecule has 2 aromatic rings. The first-order valence-electron chi connectivity index (χ1n) is 7.62. The van der Waals surface area contributed by atoms with Gasteiger partial charge in [-0.2, -0.15) is 0 Å². The van der Waals surface area contributed by atoms with Crippen LogP contribution in [0.25, 0.3) is 10.9 Å². The molecule has 122 valence electrons. The number of amides is 1. The zero-order chi connectivity index (χ0) is 16.6. The van der Waals surface area contributed by atoms with Crippen LogP contribution in [0.15, 0.2) is 24.3 Å². The molecular formula is C17H20N2O4. The van der Waals surface area contributed by atoms with E-state index in [4.69, 9.17) is 4.74 Å². The number of aliphatic hydroxyl groups is 1. The van der Waals surface area contributed by atoms with E-state index in [1.807, 2.05) is 31.2 Å². The second-order valence-corrected chi connectivity index (χ2v) is 5.98. The Morgan fingerprint density at radius 3 is 2.87 bits per heavy atom. The van der Waals surface area contributed by atoms with Crippen LogP contribution in [0.5, 0.6) is 0 Å². The Morgan fingerprint density at radius 1 is 1.39 bits per heavy atom. The van der Waals surface area contributed by atoms with Crippen LogP contribution in [0, 0.1) is 12.8 Å². The van der Waals surface area contributed by atoms with Crippen molar-refractivity contribution >= 4 is 22.8 Å². The molecular weight excluding hydrogens is 296 g/mol. The molecule has 0 aliphatic carbocycles. The molecule has 2 heterocycles. The molecule has 0 spiro atoms. The molecule has 1 fully saturated rings. The summed E-state index contributed by atoms with van der Waals surface area (Å²) in [7, 11) is 1.26. The summed E-state index contributed by atoms with van der Waals surface area (Å²) in [5.74, 6) is -1.61. The van der Waals surface area contributed by atoms with Gasteiger partial charge >= 0.3 is 5.97 Å². The second-order valence-electron chi connectivity index (χ2n) is 5.98. The molecule has 1 saturated heterocycles. The smallest absolute Gasteiger partial charge is 0.311 e. The minimum Gasteiger partial charge on any atom is -0.469 e. The molecule has 0 bridgehead atoms. The maximum absolute atomic E-state index is 11.9. The zero-order valence-electron chi connectivity index (χ0n) is 13.1. The van der Waals surface area contributed by atoms with Crippen LogP contribution < -0.4 is 5.32 Å². The summed E-state index contributed by atoms with van der Waals surface area (Å²) in [5, 5.41) is 14.3. The van der Waals surface area contributed by atoms with E-state index >= 15 is 0 Å². The Hall–Kier alpha value is -2.34. The summed E-state index contributed by atoms with van der Waals surface area (Å²) >= 11 is 0. The van der Waals surface area contributed by atoms with Gasteiger partial charge in [-0.25, -0.2) is 0 Å². The van der Waals surface area contributed by atoms with E-state index in [1.165, 1.54) is 7.11 Å². The van der Waals surface area contributed by atoms with Gasteiger partial charge in [-0.05, 0) is 25.0 Å². The Morgan fingerprint density at radius 2 is 2.13 bits per heavy atom. The van der Waals surface area contributed by atoms with E-state index in [0.717, 1.165) is 22.2 Å². The first-order chi connectivity index (χ1) is 11.0. The monoisotopic (exact) mass is 316 g/mol. The highest BCUT2D eigenvalue weighted by Crippen LogP contribution is 2.27. The van der Waals surface area contributed by atoms with Gasteiger partial charge in [0.25, 0.3) is 0 Å². The minimum absolute atomic E-state index is 0.0444. The number of benzene rings is 1. The van der Waals surface area contributed by atoms with Crippen molar-refractivity contribution in [2.45, 2.75) is 31.9 Å². The lowest BCUT2D eigenvalue weighted by atomic mass is 9.85. The highest BCUT2D eigenvalue weighted by Gasteiger charge is 2.40. The molecule has 3 N–H and O–H groups in total. The molecule has 6 nitrogen and oxygen atoms in total. The molecule has 0 radical (unpaired) electrons. The summed E-state index contributed by atoms with van der Waals surface area (Å²) < 4.78 is 4.70. The molecule has 23 heavy (non-hydrogen) atoms. The van der Waals surface area contributed by atoms with E-state index in [-0.39, 0.29) is 12.3 Å². The fraction of sp³-hybridized carbons (Fsp3) is 0.412. The Kier molecular flexibility index (Phi) is 4.09. The lowest BCUT2D eigenvalue weighted by Gasteiger charge is -2.33. The average Bonchev–Trinajstić information content (AvgIpc) is 2.85. The highest BCUT2D eigenvalue weighted by molar-refractivity contribution is 5.86. The average molecular weight is 316 g/mol. The fourth-order valence-electron chi connectivity index (χ4n) is 3.32. The van der Waals surface area contributed by atoms with Gasteiger partial charge in [0.15, 0.2) is 0 Å². The number of hydrogen-bond donors (Lipinski definition) is 3. The maximum Gasteiger partial charge on any atom is 0.311 e. The number of ether oxygens (including phenoxy) is 1. The first kappa shape index (κ1) is 15.6. The number of hydrogen-bond acceptors (Lipinski definition) is 4. The van der Waals surface area contributed by atoms with Crippen LogP contribution in [-0.2, 0) is 20.7 Å². The van der Waals surface area contributed by atoms with Gasteiger partial charge in [-0.1, -0.05) is 18.2 Å². The number of rotatable bonds is 3. The molecule has 0 saturated carbocycles. The van der Waals surface area contributed by atoms with Crippen molar-refractivity contribution in [1.29, 1.82) is 0 Å². The van der Waals surface area contributed by atoms with Gasteiger partial charge < -0.3 is 20.1 Å². The lowest BCUT2D eigenvalue weighted by molar-refractivity contribution is -0.155. The molecule has 6 heteroatoms. The molecule has 1 aromatic carbocycles. The molecule has 1 amide bonds. The van der Waals surface area contributed by atoms with Crippen molar-refractivity contribution in [3.05, 3.63) is 35.5 Å². The van der Waals surface area contributed by atoms with Crippen LogP contribution in [0.2, 0.25) is 0 Å². The SMILES string of the molecule is COC(=O)C1CC(=O)N[C@H](Cc2c(C)[nH]c3ccccc23)C1O. The highest BCUT2D eigenvalue weighted by atomic mass is 16.5. The molecule has 3 rings (SSSR count). The topological polar surface area (TPSA) is 91.4 Å². The summed E-state index contributed by atoms with van der Waals surface area (Å²) in [6.45, 7) is 1.96. The summed E-state index contributed by atoms with van der Waals surface area (Å²) in [6, 6.07) is 7.37. The number of carbonyl (C=O) groups is 2. The summed E-state index contributed by atoms with van der Waals surface area (Å²) in [5.41, 5.74) is 3.05. The third-order valence-electron chi connectivity index (χ3n) is 4.53. The van der Waals surface area contributed by atoms with Crippen molar-refractivity contribution in [2.24, 2.45) is 5.92 Å². The number of fused-ring (bicyclic) bond motifs is 1. The van der Waals surface area contributed by atoms with Crippen LogP contribution in [0.3, 0.4) is 0 Å². The maximum atomic E-state index is 11.9. The minimum atomic E-state index is -0.965. The molecule has 3 atom stereocenters. The third kappa shape index (κ3) is 2.82. The molecule has 1 aliphatic heterocycles. The predicted octanol–water partition coefficient (Wildman–Crippen LogP) is 1.06. The van der Waals surface area contributed by atoms with E-state index in [2.05, 4.69) is 10.3 Å². The standard InChI is InChI=1S/C17H20N2O4/c1-9-11(10-5-3-4-6-13(10)18-9)7-14-16(21)12(17(22)23-2)8-15(20)19-14/h3-6,12,14,16,18,21H,7-8H2,1-2H3,(H,19,20)/t12?,14-,16?/m1/s1. The number of aryl methyl sites for hydroxylation is 1. The number of methoxy groups -OCH3 is 1. The number of H-pyrrole nitrogens is 1. The van der Waals surface area contributed by atoms with Gasteiger partial charge in [0.1, 0.15) is 0 Å². The van der Waals surface area contributed by atoms with Crippen molar-refractivity contribution in [2.75, 3.05) is 7.11 Å². The molecule has 1 aromatic heterocycles. The summed E-state index contributed by atoms with van der Waals surface area (Å²) in [4.78, 5) is 27.0. The molecule has 1 aliphatic rings. The van der Waals surface area contributed by atoms with Gasteiger partial charge in [0, 0.05) is 23.0 Å². The van der Waals surface area contributed by atoms with Crippen LogP contribution in [-0.4, -0.2) is 41.2 Å².